The van der Waals surface area contributed by atoms with Crippen molar-refractivity contribution >= 4 is 22.2 Å². The lowest BCUT2D eigenvalue weighted by molar-refractivity contribution is 0.0841. The number of aromatic nitrogens is 2. The van der Waals surface area contributed by atoms with Crippen molar-refractivity contribution in [2.45, 2.75) is 38.5 Å². The number of nitrogens with zero attached hydrogens (tertiary/aromatic N) is 2. The van der Waals surface area contributed by atoms with Crippen LogP contribution in [-0.2, 0) is 4.65 Å². The Kier molecular flexibility index (Phi) is 4.80. The number of benzene rings is 1. The molecule has 0 amide bonds. The zero-order valence-electron chi connectivity index (χ0n) is 13.0. The molecule has 2 rings (SSSR count). The first kappa shape index (κ1) is 16.1. The first-order chi connectivity index (χ1) is 9.79. The maximum absolute atomic E-state index is 5.95. The molecule has 0 spiro atoms. The van der Waals surface area contributed by atoms with Crippen molar-refractivity contribution in [1.29, 1.82) is 0 Å². The first-order valence-electron chi connectivity index (χ1n) is 6.96. The van der Waals surface area contributed by atoms with Gasteiger partial charge in [0.15, 0.2) is 0 Å². The third kappa shape index (κ3) is 4.12. The van der Waals surface area contributed by atoms with Crippen molar-refractivity contribution in [2.75, 3.05) is 0 Å². The summed E-state index contributed by atoms with van der Waals surface area (Å²) in [6.07, 6.45) is 5.13. The predicted octanol–water partition coefficient (Wildman–Crippen LogP) is 2.84. The summed E-state index contributed by atoms with van der Waals surface area (Å²) < 4.78 is 5.95. The molecule has 109 valence electrons. The minimum Gasteiger partial charge on any atom is -0.429 e. The van der Waals surface area contributed by atoms with Gasteiger partial charge in [-0.25, -0.2) is 0 Å². The van der Waals surface area contributed by atoms with E-state index in [-0.39, 0.29) is 10.8 Å². The molecule has 1 atom stereocenters. The molecule has 1 aromatic carbocycles. The van der Waals surface area contributed by atoms with Gasteiger partial charge in [-0.2, -0.15) is 0 Å². The second-order valence-electron chi connectivity index (χ2n) is 6.18. The van der Waals surface area contributed by atoms with E-state index in [2.05, 4.69) is 46.9 Å². The van der Waals surface area contributed by atoms with Gasteiger partial charge in [-0.3, -0.25) is 9.97 Å². The highest BCUT2D eigenvalue weighted by Gasteiger charge is 2.33. The number of rotatable bonds is 5. The average molecular weight is 299 g/mol. The molecule has 0 saturated heterocycles. The highest BCUT2D eigenvalue weighted by Crippen LogP contribution is 2.33. The Morgan fingerprint density at radius 1 is 1.05 bits per heavy atom. The average Bonchev–Trinajstić information content (AvgIpc) is 2.45. The third-order valence-electron chi connectivity index (χ3n) is 3.81. The SMILES string of the molecule is CC(C)(P)C(C)(C)O[B]c1ccc(-c2cnccn2)cc1. The van der Waals surface area contributed by atoms with Crippen LogP contribution in [0.25, 0.3) is 11.3 Å². The van der Waals surface area contributed by atoms with Gasteiger partial charge in [0.1, 0.15) is 0 Å². The summed E-state index contributed by atoms with van der Waals surface area (Å²) in [7, 11) is 4.65. The van der Waals surface area contributed by atoms with Gasteiger partial charge in [-0.05, 0) is 13.8 Å². The van der Waals surface area contributed by atoms with Crippen molar-refractivity contribution in [3.05, 3.63) is 42.9 Å². The van der Waals surface area contributed by atoms with E-state index in [9.17, 15) is 0 Å². The fourth-order valence-corrected chi connectivity index (χ4v) is 1.62. The molecule has 2 aromatic rings. The van der Waals surface area contributed by atoms with E-state index in [1.165, 1.54) is 0 Å². The van der Waals surface area contributed by atoms with E-state index < -0.39 is 0 Å². The Bertz CT molecular complexity index is 579. The van der Waals surface area contributed by atoms with E-state index >= 15 is 0 Å². The topological polar surface area (TPSA) is 35.0 Å². The lowest BCUT2D eigenvalue weighted by Crippen LogP contribution is -2.45. The van der Waals surface area contributed by atoms with Crippen molar-refractivity contribution in [3.8, 4) is 11.3 Å². The molecule has 0 aliphatic rings. The van der Waals surface area contributed by atoms with Crippen LogP contribution in [0.5, 0.6) is 0 Å². The van der Waals surface area contributed by atoms with Gasteiger partial charge in [-0.1, -0.05) is 43.6 Å². The monoisotopic (exact) mass is 299 g/mol. The molecule has 0 N–H and O–H groups in total. The molecule has 21 heavy (non-hydrogen) atoms. The minimum absolute atomic E-state index is 0.0108. The molecule has 0 aliphatic heterocycles. The smallest absolute Gasteiger partial charge is 0.330 e. The minimum atomic E-state index is -0.263. The molecule has 1 unspecified atom stereocenters. The normalized spacial score (nSPS) is 12.2. The van der Waals surface area contributed by atoms with Gasteiger partial charge in [-0.15, -0.1) is 9.24 Å². The molecule has 0 bridgehead atoms. The van der Waals surface area contributed by atoms with Gasteiger partial charge in [0.05, 0.1) is 17.5 Å². The molecule has 0 saturated carbocycles. The Morgan fingerprint density at radius 2 is 1.71 bits per heavy atom. The van der Waals surface area contributed by atoms with Crippen LogP contribution in [0.4, 0.5) is 0 Å². The molecule has 0 aliphatic carbocycles. The van der Waals surface area contributed by atoms with Crippen LogP contribution in [0.1, 0.15) is 27.7 Å². The van der Waals surface area contributed by atoms with E-state index in [1.54, 1.807) is 18.6 Å². The highest BCUT2D eigenvalue weighted by molar-refractivity contribution is 7.19. The van der Waals surface area contributed by atoms with Crippen molar-refractivity contribution in [3.63, 3.8) is 0 Å². The Morgan fingerprint density at radius 3 is 2.24 bits per heavy atom. The summed E-state index contributed by atoms with van der Waals surface area (Å²) in [6.45, 7) is 8.46. The van der Waals surface area contributed by atoms with Crippen LogP contribution in [0, 0.1) is 0 Å². The maximum atomic E-state index is 5.95. The first-order valence-corrected chi connectivity index (χ1v) is 7.54. The molecule has 1 radical (unpaired) electrons. The Balaban J connectivity index is 2.04. The zero-order chi connectivity index (χ0) is 15.5. The molecule has 1 heterocycles. The molecular formula is C16H21BN2OP. The second-order valence-corrected chi connectivity index (χ2v) is 7.62. The largest absolute Gasteiger partial charge is 0.429 e. The Labute approximate surface area is 130 Å². The van der Waals surface area contributed by atoms with Crippen molar-refractivity contribution in [1.82, 2.24) is 9.97 Å². The quantitative estimate of drug-likeness (QED) is 0.629. The molecular weight excluding hydrogens is 278 g/mol. The van der Waals surface area contributed by atoms with Gasteiger partial charge in [0.25, 0.3) is 0 Å². The number of hydrogen-bond acceptors (Lipinski definition) is 3. The van der Waals surface area contributed by atoms with Crippen LogP contribution in [0.3, 0.4) is 0 Å². The summed E-state index contributed by atoms with van der Waals surface area (Å²) in [5, 5.41) is -0.0108. The van der Waals surface area contributed by atoms with Gasteiger partial charge in [0.2, 0.25) is 0 Å². The van der Waals surface area contributed by atoms with Crippen LogP contribution in [0.15, 0.2) is 42.9 Å². The fourth-order valence-electron chi connectivity index (χ4n) is 1.55. The number of hydrogen-bond donors (Lipinski definition) is 0. The van der Waals surface area contributed by atoms with Crippen LogP contribution >= 0.6 is 9.24 Å². The lowest BCUT2D eigenvalue weighted by atomic mass is 9.83. The molecule has 1 aromatic heterocycles. The summed E-state index contributed by atoms with van der Waals surface area (Å²) in [5.41, 5.74) is 2.69. The van der Waals surface area contributed by atoms with E-state index in [4.69, 9.17) is 4.65 Å². The van der Waals surface area contributed by atoms with Crippen molar-refractivity contribution in [2.24, 2.45) is 0 Å². The summed E-state index contributed by atoms with van der Waals surface area (Å²) in [5.74, 6) is 0. The maximum Gasteiger partial charge on any atom is 0.330 e. The predicted molar refractivity (Wildman–Crippen MR) is 91.8 cm³/mol. The molecule has 0 fully saturated rings. The van der Waals surface area contributed by atoms with Crippen molar-refractivity contribution < 1.29 is 4.65 Å². The highest BCUT2D eigenvalue weighted by atomic mass is 31.0. The summed E-state index contributed by atoms with van der Waals surface area (Å²) in [6, 6.07) is 8.10. The molecule has 3 nitrogen and oxygen atoms in total. The lowest BCUT2D eigenvalue weighted by Gasteiger charge is -2.39. The summed E-state index contributed by atoms with van der Waals surface area (Å²) in [4.78, 5) is 8.37. The van der Waals surface area contributed by atoms with Crippen LogP contribution in [-0.4, -0.2) is 28.2 Å². The van der Waals surface area contributed by atoms with Crippen LogP contribution in [0.2, 0.25) is 0 Å². The fraction of sp³-hybridized carbons (Fsp3) is 0.375. The van der Waals surface area contributed by atoms with Crippen LogP contribution < -0.4 is 5.46 Å². The standard InChI is InChI=1S/C16H21BN2OP/c1-15(2,16(3,4)21)20-17-13-7-5-12(6-8-13)14-11-18-9-10-19-14/h5-11H,21H2,1-4H3. The third-order valence-corrected chi connectivity index (χ3v) is 4.51. The van der Waals surface area contributed by atoms with Gasteiger partial charge < -0.3 is 4.65 Å². The van der Waals surface area contributed by atoms with E-state index in [0.29, 0.717) is 0 Å². The molecule has 5 heteroatoms. The summed E-state index contributed by atoms with van der Waals surface area (Å²) >= 11 is 0. The second kappa shape index (κ2) is 6.25. The van der Waals surface area contributed by atoms with Gasteiger partial charge in [0, 0.05) is 23.1 Å². The Hall–Kier alpha value is -1.25. The van der Waals surface area contributed by atoms with Gasteiger partial charge >= 0.3 is 7.48 Å². The van der Waals surface area contributed by atoms with E-state index in [1.807, 2.05) is 31.7 Å². The van der Waals surface area contributed by atoms with E-state index in [0.717, 1.165) is 16.7 Å². The zero-order valence-corrected chi connectivity index (χ0v) is 14.2.